The number of carboxylic acid groups (broad SMARTS) is 1. The monoisotopic (exact) mass is 308 g/mol. The SMILES string of the molecule is O=C(O)c1ccc(Cn2cccnc2=O)c(Br)c1. The average Bonchev–Trinajstić information content (AvgIpc) is 2.34. The summed E-state index contributed by atoms with van der Waals surface area (Å²) < 4.78 is 2.10. The lowest BCUT2D eigenvalue weighted by Gasteiger charge is -2.07. The number of benzene rings is 1. The van der Waals surface area contributed by atoms with Crippen LogP contribution in [0.15, 0.2) is 45.9 Å². The minimum absolute atomic E-state index is 0.198. The Morgan fingerprint density at radius 3 is 2.83 bits per heavy atom. The molecule has 0 aliphatic carbocycles. The van der Waals surface area contributed by atoms with E-state index in [1.54, 1.807) is 18.3 Å². The van der Waals surface area contributed by atoms with E-state index in [0.717, 1.165) is 5.56 Å². The Morgan fingerprint density at radius 2 is 2.22 bits per heavy atom. The van der Waals surface area contributed by atoms with Crippen LogP contribution in [0.1, 0.15) is 15.9 Å². The van der Waals surface area contributed by atoms with E-state index < -0.39 is 5.97 Å². The molecule has 0 bridgehead atoms. The predicted molar refractivity (Wildman–Crippen MR) is 68.7 cm³/mol. The highest BCUT2D eigenvalue weighted by molar-refractivity contribution is 9.10. The molecule has 2 rings (SSSR count). The number of hydrogen-bond acceptors (Lipinski definition) is 3. The van der Waals surface area contributed by atoms with Crippen molar-refractivity contribution in [1.29, 1.82) is 0 Å². The van der Waals surface area contributed by atoms with Crippen LogP contribution in [0, 0.1) is 0 Å². The highest BCUT2D eigenvalue weighted by Crippen LogP contribution is 2.19. The summed E-state index contributed by atoms with van der Waals surface area (Å²) in [5.74, 6) is -0.985. The van der Waals surface area contributed by atoms with Gasteiger partial charge in [-0.05, 0) is 23.8 Å². The molecule has 0 amide bonds. The van der Waals surface area contributed by atoms with Crippen molar-refractivity contribution in [2.45, 2.75) is 6.54 Å². The zero-order valence-corrected chi connectivity index (χ0v) is 10.8. The fourth-order valence-corrected chi connectivity index (χ4v) is 2.00. The number of aromatic carboxylic acids is 1. The lowest BCUT2D eigenvalue weighted by atomic mass is 10.1. The van der Waals surface area contributed by atoms with Gasteiger partial charge in [-0.1, -0.05) is 22.0 Å². The second-order valence-electron chi connectivity index (χ2n) is 3.64. The number of nitrogens with zero attached hydrogens (tertiary/aromatic N) is 2. The van der Waals surface area contributed by atoms with Gasteiger partial charge in [-0.25, -0.2) is 14.6 Å². The molecule has 18 heavy (non-hydrogen) atoms. The Bertz CT molecular complexity index is 652. The molecule has 0 spiro atoms. The Labute approximate surface area is 111 Å². The summed E-state index contributed by atoms with van der Waals surface area (Å²) in [5.41, 5.74) is 0.672. The van der Waals surface area contributed by atoms with E-state index in [2.05, 4.69) is 20.9 Å². The third-order valence-corrected chi connectivity index (χ3v) is 3.16. The van der Waals surface area contributed by atoms with Crippen LogP contribution in [-0.2, 0) is 6.54 Å². The highest BCUT2D eigenvalue weighted by Gasteiger charge is 2.07. The fourth-order valence-electron chi connectivity index (χ4n) is 1.50. The lowest BCUT2D eigenvalue weighted by molar-refractivity contribution is 0.0697. The standard InChI is InChI=1S/C12H9BrN2O3/c13-10-6-8(11(16)17)2-3-9(10)7-15-5-1-4-14-12(15)18/h1-6H,7H2,(H,16,17). The molecule has 0 aliphatic heterocycles. The van der Waals surface area contributed by atoms with Gasteiger partial charge in [0.05, 0.1) is 12.1 Å². The minimum atomic E-state index is -0.985. The highest BCUT2D eigenvalue weighted by atomic mass is 79.9. The van der Waals surface area contributed by atoms with Gasteiger partial charge in [-0.2, -0.15) is 0 Å². The predicted octanol–water partition coefficient (Wildman–Crippen LogP) is 1.75. The normalized spacial score (nSPS) is 10.3. The zero-order valence-electron chi connectivity index (χ0n) is 9.21. The van der Waals surface area contributed by atoms with Crippen molar-refractivity contribution < 1.29 is 9.90 Å². The largest absolute Gasteiger partial charge is 0.478 e. The van der Waals surface area contributed by atoms with Crippen molar-refractivity contribution in [1.82, 2.24) is 9.55 Å². The number of hydrogen-bond donors (Lipinski definition) is 1. The Morgan fingerprint density at radius 1 is 1.44 bits per heavy atom. The van der Waals surface area contributed by atoms with Gasteiger partial charge in [-0.3, -0.25) is 4.57 Å². The lowest BCUT2D eigenvalue weighted by Crippen LogP contribution is -2.22. The molecule has 2 aromatic rings. The molecular weight excluding hydrogens is 300 g/mol. The second-order valence-corrected chi connectivity index (χ2v) is 4.50. The fraction of sp³-hybridized carbons (Fsp3) is 0.0833. The maximum Gasteiger partial charge on any atom is 0.347 e. The first-order valence-corrected chi connectivity index (χ1v) is 5.90. The first kappa shape index (κ1) is 12.5. The molecule has 0 saturated carbocycles. The molecule has 0 fully saturated rings. The van der Waals surface area contributed by atoms with Gasteiger partial charge in [0.1, 0.15) is 0 Å². The summed E-state index contributed by atoms with van der Waals surface area (Å²) >= 11 is 3.30. The van der Waals surface area contributed by atoms with Gasteiger partial charge in [-0.15, -0.1) is 0 Å². The Hall–Kier alpha value is -1.95. The zero-order chi connectivity index (χ0) is 13.1. The maximum absolute atomic E-state index is 11.5. The summed E-state index contributed by atoms with van der Waals surface area (Å²) in [4.78, 5) is 25.9. The van der Waals surface area contributed by atoms with Crippen molar-refractivity contribution in [3.8, 4) is 0 Å². The summed E-state index contributed by atoms with van der Waals surface area (Å²) in [7, 11) is 0. The molecular formula is C12H9BrN2O3. The number of carboxylic acids is 1. The Kier molecular flexibility index (Phi) is 3.57. The summed E-state index contributed by atoms with van der Waals surface area (Å²) in [6.07, 6.45) is 3.06. The number of carbonyl (C=O) groups is 1. The van der Waals surface area contributed by atoms with Gasteiger partial charge in [0, 0.05) is 16.9 Å². The van der Waals surface area contributed by atoms with Crippen molar-refractivity contribution in [3.63, 3.8) is 0 Å². The van der Waals surface area contributed by atoms with Crippen molar-refractivity contribution in [2.75, 3.05) is 0 Å². The van der Waals surface area contributed by atoms with Crippen LogP contribution < -0.4 is 5.69 Å². The smallest absolute Gasteiger partial charge is 0.347 e. The molecule has 92 valence electrons. The van der Waals surface area contributed by atoms with Gasteiger partial charge < -0.3 is 5.11 Å². The third-order valence-electron chi connectivity index (χ3n) is 2.42. The second kappa shape index (κ2) is 5.14. The van der Waals surface area contributed by atoms with Gasteiger partial charge in [0.15, 0.2) is 0 Å². The van der Waals surface area contributed by atoms with E-state index in [1.165, 1.54) is 22.9 Å². The van der Waals surface area contributed by atoms with E-state index in [-0.39, 0.29) is 11.3 Å². The minimum Gasteiger partial charge on any atom is -0.478 e. The van der Waals surface area contributed by atoms with Crippen molar-refractivity contribution >= 4 is 21.9 Å². The molecule has 1 heterocycles. The number of halogens is 1. The van der Waals surface area contributed by atoms with Crippen LogP contribution in [-0.4, -0.2) is 20.6 Å². The first-order chi connectivity index (χ1) is 8.58. The van der Waals surface area contributed by atoms with Gasteiger partial charge in [0.25, 0.3) is 0 Å². The van der Waals surface area contributed by atoms with Crippen LogP contribution in [0.5, 0.6) is 0 Å². The molecule has 0 atom stereocenters. The average molecular weight is 309 g/mol. The van der Waals surface area contributed by atoms with E-state index >= 15 is 0 Å². The number of rotatable bonds is 3. The van der Waals surface area contributed by atoms with Crippen LogP contribution in [0.25, 0.3) is 0 Å². The first-order valence-electron chi connectivity index (χ1n) is 5.11. The van der Waals surface area contributed by atoms with E-state index in [1.807, 2.05) is 0 Å². The van der Waals surface area contributed by atoms with E-state index in [0.29, 0.717) is 11.0 Å². The molecule has 0 saturated heterocycles. The molecule has 0 unspecified atom stereocenters. The summed E-state index contributed by atoms with van der Waals surface area (Å²) in [6, 6.07) is 6.36. The van der Waals surface area contributed by atoms with Gasteiger partial charge in [0.2, 0.25) is 0 Å². The molecule has 5 nitrogen and oxygen atoms in total. The molecule has 6 heteroatoms. The van der Waals surface area contributed by atoms with Crippen LogP contribution in [0.3, 0.4) is 0 Å². The third kappa shape index (κ3) is 2.65. The summed E-state index contributed by atoms with van der Waals surface area (Å²) in [6.45, 7) is 0.340. The number of aromatic nitrogens is 2. The van der Waals surface area contributed by atoms with Gasteiger partial charge >= 0.3 is 11.7 Å². The molecule has 0 radical (unpaired) electrons. The van der Waals surface area contributed by atoms with E-state index in [9.17, 15) is 9.59 Å². The van der Waals surface area contributed by atoms with Crippen LogP contribution >= 0.6 is 15.9 Å². The topological polar surface area (TPSA) is 72.2 Å². The Balaban J connectivity index is 2.33. The van der Waals surface area contributed by atoms with E-state index in [4.69, 9.17) is 5.11 Å². The van der Waals surface area contributed by atoms with Crippen molar-refractivity contribution in [3.05, 3.63) is 62.7 Å². The molecule has 1 aromatic heterocycles. The summed E-state index contributed by atoms with van der Waals surface area (Å²) in [5, 5.41) is 8.85. The molecule has 1 N–H and O–H groups in total. The molecule has 0 aliphatic rings. The maximum atomic E-state index is 11.5. The van der Waals surface area contributed by atoms with Crippen LogP contribution in [0.2, 0.25) is 0 Å². The molecule has 1 aromatic carbocycles. The van der Waals surface area contributed by atoms with Crippen molar-refractivity contribution in [2.24, 2.45) is 0 Å². The van der Waals surface area contributed by atoms with Crippen LogP contribution in [0.4, 0.5) is 0 Å². The quantitative estimate of drug-likeness (QED) is 0.937.